The molecule has 2 unspecified atom stereocenters. The number of amides is 2. The van der Waals surface area contributed by atoms with Crippen molar-refractivity contribution in [2.45, 2.75) is 82.7 Å². The van der Waals surface area contributed by atoms with Gasteiger partial charge in [0.25, 0.3) is 0 Å². The fourth-order valence-corrected chi connectivity index (χ4v) is 5.98. The molecule has 3 N–H and O–H groups in total. The summed E-state index contributed by atoms with van der Waals surface area (Å²) in [6, 6.07) is 7.37. The van der Waals surface area contributed by atoms with Crippen molar-refractivity contribution in [3.63, 3.8) is 0 Å². The number of nitrogens with one attached hydrogen (secondary N) is 1. The molecule has 1 aromatic rings. The van der Waals surface area contributed by atoms with Gasteiger partial charge in [-0.25, -0.2) is 18.0 Å². The van der Waals surface area contributed by atoms with Crippen LogP contribution in [0.2, 0.25) is 0 Å². The second kappa shape index (κ2) is 13.4. The lowest BCUT2D eigenvalue weighted by Gasteiger charge is -2.40. The number of carbonyl (C=O) groups excluding carboxylic acids is 2. The van der Waals surface area contributed by atoms with E-state index >= 15 is 0 Å². The van der Waals surface area contributed by atoms with Crippen LogP contribution < -0.4 is 5.32 Å². The molecule has 6 atom stereocenters. The second-order valence-corrected chi connectivity index (χ2v) is 12.3. The molecule has 41 heavy (non-hydrogen) atoms. The average Bonchev–Trinajstić information content (AvgIpc) is 3.46. The third-order valence-electron chi connectivity index (χ3n) is 8.29. The molecule has 0 aromatic heterocycles. The number of rotatable bonds is 11. The summed E-state index contributed by atoms with van der Waals surface area (Å²) < 4.78 is 46.9. The van der Waals surface area contributed by atoms with E-state index in [0.29, 0.717) is 31.5 Å². The maximum absolute atomic E-state index is 14.7. The summed E-state index contributed by atoms with van der Waals surface area (Å²) in [5, 5.41) is 31.7. The zero-order chi connectivity index (χ0) is 30.5. The van der Waals surface area contributed by atoms with Crippen LogP contribution in [0, 0.1) is 29.0 Å². The first-order valence-electron chi connectivity index (χ1n) is 13.9. The molecule has 1 aromatic carbocycles. The number of hydrogen-bond donors (Lipinski definition) is 3. The number of likely N-dealkylation sites (tertiary alicyclic amines) is 2. The van der Waals surface area contributed by atoms with E-state index in [4.69, 9.17) is 4.74 Å². The van der Waals surface area contributed by atoms with Gasteiger partial charge >= 0.3 is 13.2 Å². The van der Waals surface area contributed by atoms with Crippen LogP contribution in [-0.4, -0.2) is 94.6 Å². The van der Waals surface area contributed by atoms with Crippen LogP contribution >= 0.6 is 0 Å². The SMILES string of the molecule is CC(CC(C)(C)N1CC[C@H](F)C1)C(C#N)C(=O)N1C[C@@H](F)C[C@]1(C)COC(=O)N[C@@H](Cc1ccc(F)cc1)B(O)O. The molecule has 0 aliphatic carbocycles. The lowest BCUT2D eigenvalue weighted by molar-refractivity contribution is -0.140. The van der Waals surface area contributed by atoms with Crippen molar-refractivity contribution in [1.82, 2.24) is 15.1 Å². The van der Waals surface area contributed by atoms with Crippen molar-refractivity contribution in [3.8, 4) is 6.07 Å². The Morgan fingerprint density at radius 2 is 1.90 bits per heavy atom. The third-order valence-corrected chi connectivity index (χ3v) is 8.29. The summed E-state index contributed by atoms with van der Waals surface area (Å²) in [7, 11) is -1.94. The molecule has 0 saturated carbocycles. The average molecular weight is 580 g/mol. The van der Waals surface area contributed by atoms with E-state index in [1.807, 2.05) is 18.7 Å². The van der Waals surface area contributed by atoms with Gasteiger partial charge in [-0.05, 0) is 63.6 Å². The molecule has 9 nitrogen and oxygen atoms in total. The van der Waals surface area contributed by atoms with Gasteiger partial charge in [-0.3, -0.25) is 9.69 Å². The van der Waals surface area contributed by atoms with Gasteiger partial charge in [0, 0.05) is 25.0 Å². The van der Waals surface area contributed by atoms with Crippen LogP contribution in [0.3, 0.4) is 0 Å². The lowest BCUT2D eigenvalue weighted by atomic mass is 9.76. The monoisotopic (exact) mass is 580 g/mol. The minimum absolute atomic E-state index is 0.0248. The van der Waals surface area contributed by atoms with Gasteiger partial charge in [-0.1, -0.05) is 19.1 Å². The van der Waals surface area contributed by atoms with E-state index in [-0.39, 0.29) is 26.0 Å². The van der Waals surface area contributed by atoms with Gasteiger partial charge in [0.1, 0.15) is 30.7 Å². The number of nitrogens with zero attached hydrogens (tertiary/aromatic N) is 3. The van der Waals surface area contributed by atoms with Gasteiger partial charge in [0.2, 0.25) is 5.91 Å². The Kier molecular flexibility index (Phi) is 10.7. The molecule has 2 aliphatic rings. The Labute approximate surface area is 239 Å². The van der Waals surface area contributed by atoms with E-state index in [1.54, 1.807) is 13.8 Å². The smallest absolute Gasteiger partial charge is 0.447 e. The van der Waals surface area contributed by atoms with Crippen LogP contribution in [0.4, 0.5) is 18.0 Å². The van der Waals surface area contributed by atoms with Gasteiger partial charge < -0.3 is 25.0 Å². The minimum Gasteiger partial charge on any atom is -0.447 e. The molecule has 226 valence electrons. The summed E-state index contributed by atoms with van der Waals surface area (Å²) in [5.41, 5.74) is -1.15. The molecule has 2 amide bonds. The predicted molar refractivity (Wildman–Crippen MR) is 146 cm³/mol. The fourth-order valence-electron chi connectivity index (χ4n) is 5.98. The highest BCUT2D eigenvalue weighted by Gasteiger charge is 2.49. The number of ether oxygens (including phenoxy) is 1. The molecule has 2 aliphatic heterocycles. The van der Waals surface area contributed by atoms with Crippen molar-refractivity contribution in [1.29, 1.82) is 5.26 Å². The molecule has 0 bridgehead atoms. The van der Waals surface area contributed by atoms with Crippen LogP contribution in [-0.2, 0) is 16.0 Å². The third kappa shape index (κ3) is 8.36. The Balaban J connectivity index is 1.63. The summed E-state index contributed by atoms with van der Waals surface area (Å²) >= 11 is 0. The predicted octanol–water partition coefficient (Wildman–Crippen LogP) is 2.79. The van der Waals surface area contributed by atoms with Gasteiger partial charge in [0.15, 0.2) is 0 Å². The molecule has 0 radical (unpaired) electrons. The van der Waals surface area contributed by atoms with Crippen molar-refractivity contribution in [2.75, 3.05) is 26.2 Å². The van der Waals surface area contributed by atoms with Crippen LogP contribution in [0.5, 0.6) is 0 Å². The van der Waals surface area contributed by atoms with E-state index in [2.05, 4.69) is 11.4 Å². The molecule has 3 rings (SSSR count). The molecule has 2 heterocycles. The molecule has 2 saturated heterocycles. The van der Waals surface area contributed by atoms with Gasteiger partial charge in [-0.2, -0.15) is 5.26 Å². The minimum atomic E-state index is -1.94. The van der Waals surface area contributed by atoms with E-state index in [0.717, 1.165) is 0 Å². The highest BCUT2D eigenvalue weighted by Crippen LogP contribution is 2.36. The zero-order valence-corrected chi connectivity index (χ0v) is 24.0. The van der Waals surface area contributed by atoms with E-state index in [1.165, 1.54) is 29.2 Å². The van der Waals surface area contributed by atoms with Crippen molar-refractivity contribution in [2.24, 2.45) is 11.8 Å². The fraction of sp³-hybridized carbons (Fsp3) is 0.679. The molecule has 2 fully saturated rings. The summed E-state index contributed by atoms with van der Waals surface area (Å²) in [6.07, 6.45) is -2.55. The summed E-state index contributed by atoms with van der Waals surface area (Å²) in [6.45, 7) is 7.51. The highest BCUT2D eigenvalue weighted by molar-refractivity contribution is 6.43. The second-order valence-electron chi connectivity index (χ2n) is 12.3. The Morgan fingerprint density at radius 1 is 1.24 bits per heavy atom. The normalized spacial score (nSPS) is 25.3. The maximum atomic E-state index is 14.7. The number of alkyl carbamates (subject to hydrolysis) is 1. The summed E-state index contributed by atoms with van der Waals surface area (Å²) in [5.74, 6) is -3.69. The number of carbonyl (C=O) groups is 2. The topological polar surface area (TPSA) is 126 Å². The number of nitriles is 1. The molecular formula is C28H40BF3N4O5. The van der Waals surface area contributed by atoms with Gasteiger partial charge in [-0.15, -0.1) is 0 Å². The van der Waals surface area contributed by atoms with Crippen molar-refractivity contribution < 1.29 is 37.5 Å². The first-order valence-corrected chi connectivity index (χ1v) is 13.9. The zero-order valence-electron chi connectivity index (χ0n) is 24.0. The number of hydrogen-bond acceptors (Lipinski definition) is 7. The van der Waals surface area contributed by atoms with E-state index < -0.39 is 66.1 Å². The maximum Gasteiger partial charge on any atom is 0.475 e. The van der Waals surface area contributed by atoms with Crippen LogP contribution in [0.25, 0.3) is 0 Å². The quantitative estimate of drug-likeness (QED) is 0.344. The Hall–Kier alpha value is -2.82. The molecule has 0 spiro atoms. The van der Waals surface area contributed by atoms with E-state index in [9.17, 15) is 38.1 Å². The summed E-state index contributed by atoms with van der Waals surface area (Å²) in [4.78, 5) is 29.4. The number of benzene rings is 1. The Morgan fingerprint density at radius 3 is 2.46 bits per heavy atom. The molecular weight excluding hydrogens is 540 g/mol. The first kappa shape index (κ1) is 32.7. The lowest BCUT2D eigenvalue weighted by Crippen LogP contribution is -2.53. The van der Waals surface area contributed by atoms with Crippen LogP contribution in [0.1, 0.15) is 52.5 Å². The largest absolute Gasteiger partial charge is 0.475 e. The van der Waals surface area contributed by atoms with Crippen LogP contribution in [0.15, 0.2) is 24.3 Å². The van der Waals surface area contributed by atoms with Gasteiger partial charge in [0.05, 0.1) is 24.1 Å². The number of halogens is 3. The Bertz CT molecular complexity index is 1110. The van der Waals surface area contributed by atoms with Crippen molar-refractivity contribution >= 4 is 19.1 Å². The first-order chi connectivity index (χ1) is 19.1. The highest BCUT2D eigenvalue weighted by atomic mass is 19.1. The molecule has 13 heteroatoms. The number of alkyl halides is 2. The standard InChI is InChI=1S/C28H40BF3N4O5/c1-18(12-27(2,3)35-10-9-21(31)15-35)23(14-33)25(37)36-16-22(32)13-28(36,4)17-41-26(38)34-24(29(39)40)11-19-5-7-20(30)8-6-19/h5-8,18,21-24,39-40H,9-13,15-17H2,1-4H3,(H,34,38)/t18?,21-,22-,23?,24-,28+/m0/s1. The van der Waals surface area contributed by atoms with Crippen molar-refractivity contribution in [3.05, 3.63) is 35.6 Å².